The number of methoxy groups -OCH3 is 1. The van der Waals surface area contributed by atoms with E-state index in [0.717, 1.165) is 28.6 Å². The molecule has 0 unspecified atom stereocenters. The number of benzene rings is 1. The van der Waals surface area contributed by atoms with Gasteiger partial charge in [0.25, 0.3) is 0 Å². The van der Waals surface area contributed by atoms with E-state index in [1.54, 1.807) is 12.5 Å². The lowest BCUT2D eigenvalue weighted by Gasteiger charge is -2.11. The Morgan fingerprint density at radius 1 is 1.04 bits per heavy atom. The highest BCUT2D eigenvalue weighted by Crippen LogP contribution is 2.27. The summed E-state index contributed by atoms with van der Waals surface area (Å²) in [5.41, 5.74) is 4.86. The molecular formula is C21H18F2N4O. The molecule has 1 aromatic carbocycles. The standard InChI is InChI=1S/C21H18F2N4O/c1-13-16(4-3-9-24-13)17-8-7-15(27-12-25-26-21(17)27)6-5-14-10-20(28-2)19(23)11-18(14)22/h3-4,7-12H,5-6H2,1-2H3. The Labute approximate surface area is 160 Å². The summed E-state index contributed by atoms with van der Waals surface area (Å²) in [6.07, 6.45) is 4.31. The summed E-state index contributed by atoms with van der Waals surface area (Å²) in [5.74, 6) is -1.25. The van der Waals surface area contributed by atoms with Crippen molar-refractivity contribution in [3.05, 3.63) is 77.5 Å². The van der Waals surface area contributed by atoms with Crippen LogP contribution < -0.4 is 4.74 Å². The van der Waals surface area contributed by atoms with Gasteiger partial charge in [0, 0.05) is 34.8 Å². The van der Waals surface area contributed by atoms with Gasteiger partial charge in [0.2, 0.25) is 0 Å². The summed E-state index contributed by atoms with van der Waals surface area (Å²) in [6.45, 7) is 1.95. The maximum Gasteiger partial charge on any atom is 0.168 e. The second-order valence-corrected chi connectivity index (χ2v) is 6.48. The first-order valence-corrected chi connectivity index (χ1v) is 8.84. The van der Waals surface area contributed by atoms with Crippen molar-refractivity contribution in [3.63, 3.8) is 0 Å². The van der Waals surface area contributed by atoms with Crippen molar-refractivity contribution < 1.29 is 13.5 Å². The molecule has 0 fully saturated rings. The molecule has 0 amide bonds. The third-order valence-corrected chi connectivity index (χ3v) is 4.81. The van der Waals surface area contributed by atoms with E-state index in [1.165, 1.54) is 13.2 Å². The monoisotopic (exact) mass is 380 g/mol. The summed E-state index contributed by atoms with van der Waals surface area (Å²) in [7, 11) is 1.36. The molecule has 3 heterocycles. The van der Waals surface area contributed by atoms with Gasteiger partial charge in [0.15, 0.2) is 17.2 Å². The smallest absolute Gasteiger partial charge is 0.168 e. The van der Waals surface area contributed by atoms with E-state index in [-0.39, 0.29) is 5.75 Å². The van der Waals surface area contributed by atoms with Crippen molar-refractivity contribution in [2.75, 3.05) is 7.11 Å². The van der Waals surface area contributed by atoms with E-state index in [2.05, 4.69) is 15.2 Å². The third kappa shape index (κ3) is 3.19. The lowest BCUT2D eigenvalue weighted by atomic mass is 10.0. The SMILES string of the molecule is COc1cc(CCc2ccc(-c3cccnc3C)c3nncn23)c(F)cc1F. The number of rotatable bonds is 5. The van der Waals surface area contributed by atoms with Crippen LogP contribution >= 0.6 is 0 Å². The fourth-order valence-electron chi connectivity index (χ4n) is 3.33. The topological polar surface area (TPSA) is 52.3 Å². The van der Waals surface area contributed by atoms with E-state index >= 15 is 0 Å². The van der Waals surface area contributed by atoms with Crippen molar-refractivity contribution in [1.29, 1.82) is 0 Å². The number of halogens is 2. The summed E-state index contributed by atoms with van der Waals surface area (Å²) >= 11 is 0. The van der Waals surface area contributed by atoms with Crippen molar-refractivity contribution in [1.82, 2.24) is 19.6 Å². The first-order valence-electron chi connectivity index (χ1n) is 8.84. The number of fused-ring (bicyclic) bond motifs is 1. The van der Waals surface area contributed by atoms with Crippen molar-refractivity contribution >= 4 is 5.65 Å². The van der Waals surface area contributed by atoms with Gasteiger partial charge in [-0.1, -0.05) is 6.07 Å². The van der Waals surface area contributed by atoms with Crippen LogP contribution in [0.25, 0.3) is 16.8 Å². The molecule has 0 N–H and O–H groups in total. The van der Waals surface area contributed by atoms with Crippen molar-refractivity contribution in [3.8, 4) is 16.9 Å². The van der Waals surface area contributed by atoms with E-state index < -0.39 is 11.6 Å². The molecule has 0 saturated heterocycles. The van der Waals surface area contributed by atoms with Gasteiger partial charge in [-0.2, -0.15) is 0 Å². The zero-order valence-electron chi connectivity index (χ0n) is 15.5. The van der Waals surface area contributed by atoms with Crippen LogP contribution in [0.5, 0.6) is 5.75 Å². The number of aryl methyl sites for hydroxylation is 3. The highest BCUT2D eigenvalue weighted by molar-refractivity contribution is 5.78. The molecule has 3 aromatic heterocycles. The van der Waals surface area contributed by atoms with Crippen LogP contribution in [0.1, 0.15) is 17.0 Å². The van der Waals surface area contributed by atoms with Crippen LogP contribution in [-0.2, 0) is 12.8 Å². The predicted molar refractivity (Wildman–Crippen MR) is 101 cm³/mol. The molecule has 0 bridgehead atoms. The first-order chi connectivity index (χ1) is 13.6. The first kappa shape index (κ1) is 18.0. The molecule has 0 aliphatic carbocycles. The average molecular weight is 380 g/mol. The normalized spacial score (nSPS) is 11.1. The van der Waals surface area contributed by atoms with Crippen LogP contribution in [-0.4, -0.2) is 26.7 Å². The third-order valence-electron chi connectivity index (χ3n) is 4.81. The van der Waals surface area contributed by atoms with Gasteiger partial charge < -0.3 is 4.74 Å². The summed E-state index contributed by atoms with van der Waals surface area (Å²) < 4.78 is 34.6. The molecule has 4 rings (SSSR count). The lowest BCUT2D eigenvalue weighted by molar-refractivity contribution is 0.383. The van der Waals surface area contributed by atoms with Crippen LogP contribution in [0.3, 0.4) is 0 Å². The van der Waals surface area contributed by atoms with Gasteiger partial charge >= 0.3 is 0 Å². The molecule has 7 heteroatoms. The van der Waals surface area contributed by atoms with Crippen LogP contribution in [0, 0.1) is 18.6 Å². The van der Waals surface area contributed by atoms with E-state index in [4.69, 9.17) is 4.74 Å². The fourth-order valence-corrected chi connectivity index (χ4v) is 3.33. The maximum absolute atomic E-state index is 14.1. The average Bonchev–Trinajstić information content (AvgIpc) is 3.18. The van der Waals surface area contributed by atoms with Gasteiger partial charge in [0.05, 0.1) is 7.11 Å². The Bertz CT molecular complexity index is 1160. The molecule has 142 valence electrons. The Hall–Kier alpha value is -3.35. The van der Waals surface area contributed by atoms with Gasteiger partial charge in [-0.25, -0.2) is 8.78 Å². The minimum Gasteiger partial charge on any atom is -0.494 e. The van der Waals surface area contributed by atoms with Crippen LogP contribution in [0.2, 0.25) is 0 Å². The zero-order chi connectivity index (χ0) is 19.7. The van der Waals surface area contributed by atoms with Gasteiger partial charge in [0.1, 0.15) is 12.1 Å². The number of hydrogen-bond acceptors (Lipinski definition) is 4. The molecule has 0 atom stereocenters. The summed E-state index contributed by atoms with van der Waals surface area (Å²) in [4.78, 5) is 4.34. The second kappa shape index (κ2) is 7.34. The molecule has 0 aliphatic rings. The predicted octanol–water partition coefficient (Wildman–Crippen LogP) is 4.17. The van der Waals surface area contributed by atoms with Crippen LogP contribution in [0.15, 0.2) is 48.9 Å². The maximum atomic E-state index is 14.1. The molecule has 5 nitrogen and oxygen atoms in total. The second-order valence-electron chi connectivity index (χ2n) is 6.48. The fraction of sp³-hybridized carbons (Fsp3) is 0.190. The Balaban J connectivity index is 1.68. The summed E-state index contributed by atoms with van der Waals surface area (Å²) in [6, 6.07) is 10.1. The van der Waals surface area contributed by atoms with Crippen molar-refractivity contribution in [2.24, 2.45) is 0 Å². The van der Waals surface area contributed by atoms with Gasteiger partial charge in [-0.05, 0) is 49.6 Å². The minimum atomic E-state index is -0.707. The molecule has 4 aromatic rings. The summed E-state index contributed by atoms with van der Waals surface area (Å²) in [5, 5.41) is 8.29. The Morgan fingerprint density at radius 3 is 2.68 bits per heavy atom. The Morgan fingerprint density at radius 2 is 1.89 bits per heavy atom. The van der Waals surface area contributed by atoms with E-state index in [1.807, 2.05) is 35.6 Å². The molecular weight excluding hydrogens is 362 g/mol. The van der Waals surface area contributed by atoms with Crippen LogP contribution in [0.4, 0.5) is 8.78 Å². The zero-order valence-corrected chi connectivity index (χ0v) is 15.5. The van der Waals surface area contributed by atoms with Gasteiger partial charge in [-0.3, -0.25) is 9.38 Å². The van der Waals surface area contributed by atoms with Crippen molar-refractivity contribution in [2.45, 2.75) is 19.8 Å². The number of nitrogens with zero attached hydrogens (tertiary/aromatic N) is 4. The highest BCUT2D eigenvalue weighted by atomic mass is 19.1. The number of hydrogen-bond donors (Lipinski definition) is 0. The number of pyridine rings is 2. The Kier molecular flexibility index (Phi) is 4.73. The van der Waals surface area contributed by atoms with E-state index in [9.17, 15) is 8.78 Å². The highest BCUT2D eigenvalue weighted by Gasteiger charge is 2.14. The quantitative estimate of drug-likeness (QED) is 0.521. The van der Waals surface area contributed by atoms with E-state index in [0.29, 0.717) is 24.1 Å². The number of ether oxygens (including phenoxy) is 1. The molecule has 0 saturated carbocycles. The van der Waals surface area contributed by atoms with Gasteiger partial charge in [-0.15, -0.1) is 10.2 Å². The minimum absolute atomic E-state index is 0.0354. The largest absolute Gasteiger partial charge is 0.494 e. The number of aromatic nitrogens is 4. The molecule has 0 aliphatic heterocycles. The molecule has 28 heavy (non-hydrogen) atoms. The lowest BCUT2D eigenvalue weighted by Crippen LogP contribution is -2.03. The molecule has 0 radical (unpaired) electrons. The molecule has 0 spiro atoms.